The van der Waals surface area contributed by atoms with Crippen molar-refractivity contribution in [1.82, 2.24) is 5.32 Å². The summed E-state index contributed by atoms with van der Waals surface area (Å²) >= 11 is 6.04. The summed E-state index contributed by atoms with van der Waals surface area (Å²) in [5.74, 6) is -1.23. The van der Waals surface area contributed by atoms with Crippen LogP contribution in [0, 0.1) is 5.92 Å². The normalized spacial score (nSPS) is 21.0. The van der Waals surface area contributed by atoms with Crippen molar-refractivity contribution in [2.75, 3.05) is 12.4 Å². The lowest BCUT2D eigenvalue weighted by atomic mass is 9.75. The lowest BCUT2D eigenvalue weighted by Gasteiger charge is -2.33. The molecule has 4 rings (SSSR count). The molecule has 0 fully saturated rings. The highest BCUT2D eigenvalue weighted by Gasteiger charge is 2.40. The van der Waals surface area contributed by atoms with Crippen LogP contribution in [0.3, 0.4) is 0 Å². The summed E-state index contributed by atoms with van der Waals surface area (Å²) in [6.07, 6.45) is 0.749. The average Bonchev–Trinajstić information content (AvgIpc) is 2.73. The van der Waals surface area contributed by atoms with Crippen LogP contribution >= 0.6 is 11.6 Å². The number of methoxy groups -OCH3 is 1. The number of ketones is 1. The van der Waals surface area contributed by atoms with E-state index < -0.39 is 11.8 Å². The van der Waals surface area contributed by atoms with Gasteiger partial charge in [0, 0.05) is 29.1 Å². The highest BCUT2D eigenvalue weighted by Crippen LogP contribution is 2.39. The van der Waals surface area contributed by atoms with Gasteiger partial charge in [-0.25, -0.2) is 0 Å². The molecule has 2 N–H and O–H groups in total. The van der Waals surface area contributed by atoms with Gasteiger partial charge >= 0.3 is 0 Å². The molecule has 1 aliphatic carbocycles. The van der Waals surface area contributed by atoms with Crippen molar-refractivity contribution in [2.45, 2.75) is 25.2 Å². The number of benzene rings is 2. The lowest BCUT2D eigenvalue weighted by molar-refractivity contribution is -0.129. The maximum atomic E-state index is 13.1. The summed E-state index contributed by atoms with van der Waals surface area (Å²) in [7, 11) is 1.49. The highest BCUT2D eigenvalue weighted by molar-refractivity contribution is 6.31. The monoisotopic (exact) mass is 424 g/mol. The van der Waals surface area contributed by atoms with Gasteiger partial charge in [0.2, 0.25) is 11.8 Å². The first-order chi connectivity index (χ1) is 14.5. The van der Waals surface area contributed by atoms with Crippen molar-refractivity contribution in [3.05, 3.63) is 70.4 Å². The Morgan fingerprint density at radius 3 is 2.60 bits per heavy atom. The van der Waals surface area contributed by atoms with Gasteiger partial charge in [0.05, 0.1) is 18.7 Å². The number of amides is 2. The molecule has 2 aromatic carbocycles. The molecule has 1 aliphatic heterocycles. The van der Waals surface area contributed by atoms with E-state index in [0.29, 0.717) is 40.6 Å². The lowest BCUT2D eigenvalue weighted by Crippen LogP contribution is -2.43. The topological polar surface area (TPSA) is 84.5 Å². The molecule has 0 saturated heterocycles. The highest BCUT2D eigenvalue weighted by atomic mass is 35.5. The fraction of sp³-hybridized carbons (Fsp3) is 0.261. The van der Waals surface area contributed by atoms with Crippen molar-refractivity contribution >= 4 is 34.9 Å². The largest absolute Gasteiger partial charge is 0.495 e. The first-order valence-electron chi connectivity index (χ1n) is 9.71. The van der Waals surface area contributed by atoms with Crippen molar-refractivity contribution in [3.63, 3.8) is 0 Å². The van der Waals surface area contributed by atoms with Crippen LogP contribution in [-0.4, -0.2) is 24.7 Å². The maximum Gasteiger partial charge on any atom is 0.232 e. The predicted molar refractivity (Wildman–Crippen MR) is 113 cm³/mol. The zero-order valence-corrected chi connectivity index (χ0v) is 17.2. The standard InChI is InChI=1S/C23H21ClN2O4/c1-30-20-8-7-15(24)11-17(20)26-23(29)16-12-21(28)25-18-9-14(10-19(27)22(16)18)13-5-3-2-4-6-13/h2-8,11,14,16H,9-10,12H2,1H3,(H,25,28)(H,26,29)/t14-,16+/m1/s1. The molecule has 0 unspecified atom stereocenters. The molecule has 0 radical (unpaired) electrons. The van der Waals surface area contributed by atoms with Gasteiger partial charge in [-0.2, -0.15) is 0 Å². The van der Waals surface area contributed by atoms with Crippen LogP contribution in [0.1, 0.15) is 30.7 Å². The minimum Gasteiger partial charge on any atom is -0.495 e. The Balaban J connectivity index is 1.63. The Kier molecular flexibility index (Phi) is 5.59. The predicted octanol–water partition coefficient (Wildman–Crippen LogP) is 3.82. The molecule has 0 aromatic heterocycles. The van der Waals surface area contributed by atoms with Crippen molar-refractivity contribution in [3.8, 4) is 5.75 Å². The number of anilines is 1. The number of rotatable bonds is 4. The van der Waals surface area contributed by atoms with Gasteiger partial charge in [-0.1, -0.05) is 41.9 Å². The van der Waals surface area contributed by atoms with Crippen LogP contribution in [0.4, 0.5) is 5.69 Å². The summed E-state index contributed by atoms with van der Waals surface area (Å²) in [6.45, 7) is 0. The Morgan fingerprint density at radius 2 is 1.87 bits per heavy atom. The van der Waals surface area contributed by atoms with Crippen molar-refractivity contribution in [2.24, 2.45) is 5.92 Å². The van der Waals surface area contributed by atoms with Crippen LogP contribution in [0.5, 0.6) is 5.75 Å². The van der Waals surface area contributed by atoms with E-state index in [1.54, 1.807) is 18.2 Å². The van der Waals surface area contributed by atoms with Gasteiger partial charge in [-0.05, 0) is 36.1 Å². The molecule has 2 amide bonds. The van der Waals surface area contributed by atoms with Crippen LogP contribution < -0.4 is 15.4 Å². The molecule has 0 bridgehead atoms. The fourth-order valence-electron chi connectivity index (χ4n) is 4.14. The van der Waals surface area contributed by atoms with E-state index in [1.165, 1.54) is 7.11 Å². The van der Waals surface area contributed by atoms with E-state index in [-0.39, 0.29) is 24.0 Å². The first-order valence-corrected chi connectivity index (χ1v) is 10.1. The number of carbonyl (C=O) groups is 3. The number of Topliss-reactive ketones (excluding diaryl/α,β-unsaturated/α-hetero) is 1. The molecule has 154 valence electrons. The Morgan fingerprint density at radius 1 is 1.10 bits per heavy atom. The number of hydrogen-bond donors (Lipinski definition) is 2. The number of carbonyl (C=O) groups excluding carboxylic acids is 3. The van der Waals surface area contributed by atoms with Crippen LogP contribution in [0.25, 0.3) is 0 Å². The van der Waals surface area contributed by atoms with Gasteiger partial charge in [0.25, 0.3) is 0 Å². The molecule has 0 saturated carbocycles. The van der Waals surface area contributed by atoms with Gasteiger partial charge in [0.15, 0.2) is 5.78 Å². The summed E-state index contributed by atoms with van der Waals surface area (Å²) in [6, 6.07) is 14.6. The smallest absolute Gasteiger partial charge is 0.232 e. The van der Waals surface area contributed by atoms with Crippen LogP contribution in [0.15, 0.2) is 59.8 Å². The third-order valence-electron chi connectivity index (χ3n) is 5.54. The molecule has 6 nitrogen and oxygen atoms in total. The second kappa shape index (κ2) is 8.32. The van der Waals surface area contributed by atoms with Gasteiger partial charge in [0.1, 0.15) is 5.75 Å². The zero-order chi connectivity index (χ0) is 21.3. The number of halogens is 1. The van der Waals surface area contributed by atoms with Gasteiger partial charge in [-0.3, -0.25) is 14.4 Å². The van der Waals surface area contributed by atoms with Crippen molar-refractivity contribution < 1.29 is 19.1 Å². The van der Waals surface area contributed by atoms with E-state index in [9.17, 15) is 14.4 Å². The second-order valence-corrected chi connectivity index (χ2v) is 7.91. The van der Waals surface area contributed by atoms with E-state index >= 15 is 0 Å². The van der Waals surface area contributed by atoms with Gasteiger partial charge in [-0.15, -0.1) is 0 Å². The molecule has 30 heavy (non-hydrogen) atoms. The van der Waals surface area contributed by atoms with E-state index in [2.05, 4.69) is 10.6 Å². The molecular formula is C23H21ClN2O4. The van der Waals surface area contributed by atoms with E-state index in [0.717, 1.165) is 5.56 Å². The molecule has 2 aromatic rings. The molecule has 0 spiro atoms. The number of nitrogens with one attached hydrogen (secondary N) is 2. The minimum atomic E-state index is -0.846. The summed E-state index contributed by atoms with van der Waals surface area (Å²) in [5.41, 5.74) is 2.39. The molecular weight excluding hydrogens is 404 g/mol. The second-order valence-electron chi connectivity index (χ2n) is 7.47. The maximum absolute atomic E-state index is 13.1. The zero-order valence-electron chi connectivity index (χ0n) is 16.4. The Labute approximate surface area is 179 Å². The summed E-state index contributed by atoms with van der Waals surface area (Å²) in [5, 5.41) is 6.03. The first kappa shape index (κ1) is 20.2. The van der Waals surface area contributed by atoms with E-state index in [4.69, 9.17) is 16.3 Å². The molecule has 2 atom stereocenters. The SMILES string of the molecule is COc1ccc(Cl)cc1NC(=O)[C@H]1CC(=O)NC2=C1C(=O)C[C@H](c1ccccc1)C2. The number of ether oxygens (including phenoxy) is 1. The Hall–Kier alpha value is -3.12. The third kappa shape index (κ3) is 3.96. The minimum absolute atomic E-state index is 0.0208. The molecule has 1 heterocycles. The summed E-state index contributed by atoms with van der Waals surface area (Å²) < 4.78 is 5.27. The molecule has 2 aliphatic rings. The van der Waals surface area contributed by atoms with Crippen molar-refractivity contribution in [1.29, 1.82) is 0 Å². The van der Waals surface area contributed by atoms with Gasteiger partial charge < -0.3 is 15.4 Å². The third-order valence-corrected chi connectivity index (χ3v) is 5.78. The quantitative estimate of drug-likeness (QED) is 0.781. The number of hydrogen-bond acceptors (Lipinski definition) is 4. The number of allylic oxidation sites excluding steroid dienone is 1. The van der Waals surface area contributed by atoms with Crippen LogP contribution in [0.2, 0.25) is 5.02 Å². The summed E-state index contributed by atoms with van der Waals surface area (Å²) in [4.78, 5) is 38.4. The molecule has 7 heteroatoms. The fourth-order valence-corrected chi connectivity index (χ4v) is 4.31. The van der Waals surface area contributed by atoms with Crippen LogP contribution in [-0.2, 0) is 14.4 Å². The van der Waals surface area contributed by atoms with E-state index in [1.807, 2.05) is 30.3 Å². The Bertz CT molecular complexity index is 1050. The average molecular weight is 425 g/mol.